The Kier molecular flexibility index (Phi) is 5.84. The molecular weight excluding hydrogens is 292 g/mol. The Morgan fingerprint density at radius 3 is 2.61 bits per heavy atom. The third-order valence-corrected chi connectivity index (χ3v) is 3.52. The molecular formula is C18H19N2O3+. The van der Waals surface area contributed by atoms with Crippen molar-refractivity contribution >= 4 is 11.5 Å². The Hall–Kier alpha value is -2.71. The van der Waals surface area contributed by atoms with Crippen molar-refractivity contribution in [3.63, 3.8) is 0 Å². The first-order valence-corrected chi connectivity index (χ1v) is 7.34. The minimum Gasteiger partial charge on any atom is -0.485 e. The van der Waals surface area contributed by atoms with Gasteiger partial charge in [-0.2, -0.15) is 0 Å². The Morgan fingerprint density at radius 1 is 1.22 bits per heavy atom. The van der Waals surface area contributed by atoms with E-state index in [9.17, 15) is 4.79 Å². The molecule has 2 aromatic rings. The molecule has 0 saturated carbocycles. The number of aryl methyl sites for hydroxylation is 1. The van der Waals surface area contributed by atoms with E-state index in [1.165, 1.54) is 0 Å². The molecule has 0 atom stereocenters. The van der Waals surface area contributed by atoms with Crippen LogP contribution < -0.4 is 4.74 Å². The quantitative estimate of drug-likeness (QED) is 0.574. The monoisotopic (exact) mass is 311 g/mol. The van der Waals surface area contributed by atoms with E-state index in [1.807, 2.05) is 25.1 Å². The lowest BCUT2D eigenvalue weighted by molar-refractivity contribution is 0.0920. The van der Waals surface area contributed by atoms with Crippen molar-refractivity contribution < 1.29 is 14.3 Å². The summed E-state index contributed by atoms with van der Waals surface area (Å²) in [6.45, 7) is 2.29. The fraction of sp³-hybridized carbons (Fsp3) is 0.278. The van der Waals surface area contributed by atoms with Gasteiger partial charge in [0.05, 0.1) is 6.61 Å². The van der Waals surface area contributed by atoms with Crippen molar-refractivity contribution in [2.75, 3.05) is 20.3 Å². The summed E-state index contributed by atoms with van der Waals surface area (Å²) in [6.07, 6.45) is 0.605. The Balaban J connectivity index is 2.16. The summed E-state index contributed by atoms with van der Waals surface area (Å²) in [5, 5.41) is 9.02. The highest BCUT2D eigenvalue weighted by molar-refractivity contribution is 5.97. The third kappa shape index (κ3) is 4.38. The molecule has 0 bridgehead atoms. The van der Waals surface area contributed by atoms with Gasteiger partial charge in [0, 0.05) is 29.9 Å². The number of methoxy groups -OCH3 is 1. The first-order chi connectivity index (χ1) is 11.2. The van der Waals surface area contributed by atoms with Gasteiger partial charge in [-0.25, -0.2) is 0 Å². The smallest absolute Gasteiger partial charge is 0.388 e. The van der Waals surface area contributed by atoms with Crippen molar-refractivity contribution in [3.05, 3.63) is 64.1 Å². The molecule has 0 heterocycles. The van der Waals surface area contributed by atoms with Gasteiger partial charge in [0.1, 0.15) is 5.75 Å². The number of hydrogen-bond acceptors (Lipinski definition) is 4. The minimum atomic E-state index is -0.0862. The van der Waals surface area contributed by atoms with Crippen molar-refractivity contribution in [2.45, 2.75) is 13.3 Å². The molecule has 0 aliphatic carbocycles. The van der Waals surface area contributed by atoms with Crippen LogP contribution in [-0.2, 0) is 11.2 Å². The van der Waals surface area contributed by atoms with Crippen LogP contribution in [0.2, 0.25) is 0 Å². The zero-order valence-corrected chi connectivity index (χ0v) is 13.3. The summed E-state index contributed by atoms with van der Waals surface area (Å²) < 4.78 is 10.8. The number of benzene rings is 2. The van der Waals surface area contributed by atoms with Gasteiger partial charge in [-0.15, -0.1) is 0 Å². The van der Waals surface area contributed by atoms with Gasteiger partial charge in [0.25, 0.3) is 0 Å². The number of carbonyl (C=O) groups excluding carboxylic acids is 1. The zero-order chi connectivity index (χ0) is 16.7. The number of hydrogen-bond donors (Lipinski definition) is 0. The van der Waals surface area contributed by atoms with Crippen LogP contribution in [0.3, 0.4) is 0 Å². The minimum absolute atomic E-state index is 0.0426. The molecule has 118 valence electrons. The molecule has 0 fully saturated rings. The van der Waals surface area contributed by atoms with E-state index in [0.29, 0.717) is 30.0 Å². The molecule has 5 nitrogen and oxygen atoms in total. The van der Waals surface area contributed by atoms with E-state index in [0.717, 1.165) is 11.1 Å². The Morgan fingerprint density at radius 2 is 1.96 bits per heavy atom. The zero-order valence-electron chi connectivity index (χ0n) is 13.3. The number of carbonyl (C=O) groups is 1. The van der Waals surface area contributed by atoms with E-state index < -0.39 is 0 Å². The van der Waals surface area contributed by atoms with Crippen LogP contribution in [0.25, 0.3) is 4.98 Å². The summed E-state index contributed by atoms with van der Waals surface area (Å²) >= 11 is 0. The van der Waals surface area contributed by atoms with E-state index in [1.54, 1.807) is 31.4 Å². The molecule has 0 unspecified atom stereocenters. The summed E-state index contributed by atoms with van der Waals surface area (Å²) in [5.41, 5.74) is 2.71. The highest BCUT2D eigenvalue weighted by Crippen LogP contribution is 2.29. The molecule has 0 aliphatic rings. The normalized spacial score (nSPS) is 10.1. The second-order valence-corrected chi connectivity index (χ2v) is 5.17. The van der Waals surface area contributed by atoms with E-state index in [-0.39, 0.29) is 12.4 Å². The summed E-state index contributed by atoms with van der Waals surface area (Å²) in [7, 11) is 1.62. The molecule has 2 aromatic carbocycles. The van der Waals surface area contributed by atoms with Crippen molar-refractivity contribution in [2.24, 2.45) is 0 Å². The fourth-order valence-corrected chi connectivity index (χ4v) is 2.21. The van der Waals surface area contributed by atoms with Crippen LogP contribution in [-0.4, -0.2) is 26.1 Å². The molecule has 0 spiro atoms. The van der Waals surface area contributed by atoms with Crippen molar-refractivity contribution in [1.29, 1.82) is 5.39 Å². The molecule has 0 aromatic heterocycles. The van der Waals surface area contributed by atoms with Crippen LogP contribution in [0.5, 0.6) is 5.75 Å². The Bertz CT molecular complexity index is 721. The number of diazo groups is 1. The number of nitrogens with zero attached hydrogens (tertiary/aromatic N) is 2. The lowest BCUT2D eigenvalue weighted by Crippen LogP contribution is -2.12. The first-order valence-electron chi connectivity index (χ1n) is 7.34. The average molecular weight is 311 g/mol. The third-order valence-electron chi connectivity index (χ3n) is 3.52. The summed E-state index contributed by atoms with van der Waals surface area (Å²) in [5.74, 6) is 0.521. The predicted molar refractivity (Wildman–Crippen MR) is 87.8 cm³/mol. The van der Waals surface area contributed by atoms with Crippen LogP contribution >= 0.6 is 0 Å². The molecule has 0 aliphatic heterocycles. The van der Waals surface area contributed by atoms with Gasteiger partial charge in [-0.1, -0.05) is 30.3 Å². The molecule has 2 rings (SSSR count). The first kappa shape index (κ1) is 16.7. The van der Waals surface area contributed by atoms with Crippen molar-refractivity contribution in [1.82, 2.24) is 0 Å². The van der Waals surface area contributed by atoms with Gasteiger partial charge in [-0.3, -0.25) is 4.79 Å². The lowest BCUT2D eigenvalue weighted by atomic mass is 10.1. The standard InChI is InChI=1S/C18H19N2O3/c1-13-10-18(15(8-9-22-2)11-16(13)20-19)23-12-17(21)14-6-4-3-5-7-14/h3-7,10-11H,8-9,12H2,1-2H3/q+1. The maximum absolute atomic E-state index is 12.1. The van der Waals surface area contributed by atoms with E-state index >= 15 is 0 Å². The molecule has 0 N–H and O–H groups in total. The topological polar surface area (TPSA) is 63.7 Å². The second-order valence-electron chi connectivity index (χ2n) is 5.17. The molecule has 0 saturated heterocycles. The molecule has 0 amide bonds. The molecule has 23 heavy (non-hydrogen) atoms. The number of rotatable bonds is 7. The Labute approximate surface area is 135 Å². The highest BCUT2D eigenvalue weighted by Gasteiger charge is 2.17. The average Bonchev–Trinajstić information content (AvgIpc) is 2.59. The second kappa shape index (κ2) is 8.06. The SMILES string of the molecule is COCCc1cc([N+]#N)c(C)cc1OCC(=O)c1ccccc1. The van der Waals surface area contributed by atoms with Crippen LogP contribution in [0.15, 0.2) is 42.5 Å². The summed E-state index contributed by atoms with van der Waals surface area (Å²) in [4.78, 5) is 15.4. The van der Waals surface area contributed by atoms with Gasteiger partial charge in [0.2, 0.25) is 5.39 Å². The van der Waals surface area contributed by atoms with Gasteiger partial charge in [0.15, 0.2) is 17.4 Å². The number of ketones is 1. The maximum Gasteiger partial charge on any atom is 0.388 e. The van der Waals surface area contributed by atoms with Gasteiger partial charge < -0.3 is 9.47 Å². The van der Waals surface area contributed by atoms with Crippen LogP contribution in [0.1, 0.15) is 21.5 Å². The lowest BCUT2D eigenvalue weighted by Gasteiger charge is -2.11. The highest BCUT2D eigenvalue weighted by atomic mass is 16.5. The van der Waals surface area contributed by atoms with Crippen molar-refractivity contribution in [3.8, 4) is 5.75 Å². The van der Waals surface area contributed by atoms with E-state index in [2.05, 4.69) is 4.98 Å². The van der Waals surface area contributed by atoms with Gasteiger partial charge >= 0.3 is 5.69 Å². The number of Topliss-reactive ketones (excluding diaryl/α,β-unsaturated/α-hetero) is 1. The van der Waals surface area contributed by atoms with Crippen LogP contribution in [0.4, 0.5) is 5.69 Å². The fourth-order valence-electron chi connectivity index (χ4n) is 2.21. The largest absolute Gasteiger partial charge is 0.485 e. The molecule has 0 radical (unpaired) electrons. The van der Waals surface area contributed by atoms with E-state index in [4.69, 9.17) is 14.9 Å². The predicted octanol–water partition coefficient (Wildman–Crippen LogP) is 3.93. The number of ether oxygens (including phenoxy) is 2. The van der Waals surface area contributed by atoms with Crippen LogP contribution in [0, 0.1) is 12.3 Å². The molecule has 5 heteroatoms. The summed E-state index contributed by atoms with van der Waals surface area (Å²) in [6, 6.07) is 12.5. The maximum atomic E-state index is 12.1. The van der Waals surface area contributed by atoms with Gasteiger partial charge in [-0.05, 0) is 19.4 Å².